The van der Waals surface area contributed by atoms with Gasteiger partial charge in [0, 0.05) is 11.6 Å². The number of ether oxygens (including phenoxy) is 1. The van der Waals surface area contributed by atoms with Crippen LogP contribution in [0.25, 0.3) is 0 Å². The van der Waals surface area contributed by atoms with Gasteiger partial charge in [-0.05, 0) is 36.5 Å². The number of nitrogens with one attached hydrogen (secondary N) is 1. The third-order valence-electron chi connectivity index (χ3n) is 3.52. The SMILES string of the molecule is C=CCNC(C(=O)OC)(c1ccc(Cl)cc1)C1CC1. The lowest BCUT2D eigenvalue weighted by Crippen LogP contribution is -2.51. The first kappa shape index (κ1) is 14.1. The summed E-state index contributed by atoms with van der Waals surface area (Å²) in [5.74, 6) is 0.0141. The topological polar surface area (TPSA) is 38.3 Å². The molecule has 1 saturated carbocycles. The van der Waals surface area contributed by atoms with Crippen molar-refractivity contribution >= 4 is 17.6 Å². The molecule has 2 rings (SSSR count). The number of rotatable bonds is 6. The van der Waals surface area contributed by atoms with E-state index in [9.17, 15) is 4.79 Å². The van der Waals surface area contributed by atoms with E-state index >= 15 is 0 Å². The minimum Gasteiger partial charge on any atom is -0.467 e. The molecule has 1 aliphatic carbocycles. The molecule has 1 fully saturated rings. The fraction of sp³-hybridized carbons (Fsp3) is 0.400. The normalized spacial score (nSPS) is 17.6. The number of hydrogen-bond acceptors (Lipinski definition) is 3. The number of hydrogen-bond donors (Lipinski definition) is 1. The van der Waals surface area contributed by atoms with Crippen LogP contribution < -0.4 is 5.32 Å². The Hall–Kier alpha value is -1.32. The second-order valence-corrected chi connectivity index (χ2v) is 5.19. The van der Waals surface area contributed by atoms with Gasteiger partial charge >= 0.3 is 5.97 Å². The highest BCUT2D eigenvalue weighted by molar-refractivity contribution is 6.30. The van der Waals surface area contributed by atoms with Crippen molar-refractivity contribution in [1.29, 1.82) is 0 Å². The maximum Gasteiger partial charge on any atom is 0.331 e. The van der Waals surface area contributed by atoms with Crippen LogP contribution in [0.3, 0.4) is 0 Å². The fourth-order valence-electron chi connectivity index (χ4n) is 2.46. The Labute approximate surface area is 118 Å². The van der Waals surface area contributed by atoms with Gasteiger partial charge in [-0.2, -0.15) is 0 Å². The molecule has 0 amide bonds. The lowest BCUT2D eigenvalue weighted by atomic mass is 9.84. The Balaban J connectivity index is 2.43. The van der Waals surface area contributed by atoms with Crippen molar-refractivity contribution in [1.82, 2.24) is 5.32 Å². The molecule has 1 N–H and O–H groups in total. The van der Waals surface area contributed by atoms with Gasteiger partial charge in [0.1, 0.15) is 5.54 Å². The van der Waals surface area contributed by atoms with Crippen LogP contribution in [0.15, 0.2) is 36.9 Å². The molecule has 0 radical (unpaired) electrons. The Morgan fingerprint density at radius 2 is 2.16 bits per heavy atom. The maximum absolute atomic E-state index is 12.4. The Morgan fingerprint density at radius 3 is 2.63 bits per heavy atom. The van der Waals surface area contributed by atoms with E-state index in [0.29, 0.717) is 11.6 Å². The lowest BCUT2D eigenvalue weighted by Gasteiger charge is -2.32. The molecule has 0 aromatic heterocycles. The van der Waals surface area contributed by atoms with E-state index in [0.717, 1.165) is 18.4 Å². The van der Waals surface area contributed by atoms with Crippen molar-refractivity contribution in [3.05, 3.63) is 47.5 Å². The van der Waals surface area contributed by atoms with Gasteiger partial charge < -0.3 is 4.74 Å². The van der Waals surface area contributed by atoms with Crippen molar-refractivity contribution in [2.45, 2.75) is 18.4 Å². The summed E-state index contributed by atoms with van der Waals surface area (Å²) in [4.78, 5) is 12.4. The zero-order chi connectivity index (χ0) is 13.9. The average molecular weight is 280 g/mol. The molecular weight excluding hydrogens is 262 g/mol. The van der Waals surface area contributed by atoms with Gasteiger partial charge in [0.15, 0.2) is 0 Å². The van der Waals surface area contributed by atoms with Crippen LogP contribution in [0.5, 0.6) is 0 Å². The van der Waals surface area contributed by atoms with Crippen LogP contribution in [0, 0.1) is 5.92 Å². The Morgan fingerprint density at radius 1 is 1.53 bits per heavy atom. The van der Waals surface area contributed by atoms with Crippen LogP contribution in [-0.4, -0.2) is 19.6 Å². The predicted octanol–water partition coefficient (Wildman–Crippen LogP) is 2.89. The summed E-state index contributed by atoms with van der Waals surface area (Å²) < 4.78 is 5.03. The van der Waals surface area contributed by atoms with E-state index in [1.165, 1.54) is 7.11 Å². The van der Waals surface area contributed by atoms with Crippen molar-refractivity contribution in [3.8, 4) is 0 Å². The molecule has 0 spiro atoms. The second-order valence-electron chi connectivity index (χ2n) is 4.75. The molecule has 1 unspecified atom stereocenters. The highest BCUT2D eigenvalue weighted by atomic mass is 35.5. The summed E-state index contributed by atoms with van der Waals surface area (Å²) in [6.07, 6.45) is 3.78. The first-order valence-corrected chi connectivity index (χ1v) is 6.73. The predicted molar refractivity (Wildman–Crippen MR) is 76.1 cm³/mol. The summed E-state index contributed by atoms with van der Waals surface area (Å²) in [6.45, 7) is 4.25. The average Bonchev–Trinajstić information content (AvgIpc) is 3.26. The molecule has 1 aliphatic rings. The van der Waals surface area contributed by atoms with Gasteiger partial charge in [0.2, 0.25) is 0 Å². The first-order chi connectivity index (χ1) is 9.15. The van der Waals surface area contributed by atoms with Gasteiger partial charge in [0.25, 0.3) is 0 Å². The monoisotopic (exact) mass is 279 g/mol. The summed E-state index contributed by atoms with van der Waals surface area (Å²) in [7, 11) is 1.42. The third-order valence-corrected chi connectivity index (χ3v) is 3.77. The van der Waals surface area contributed by atoms with E-state index in [4.69, 9.17) is 16.3 Å². The number of benzene rings is 1. The molecule has 19 heavy (non-hydrogen) atoms. The van der Waals surface area contributed by atoms with Crippen molar-refractivity contribution in [3.63, 3.8) is 0 Å². The van der Waals surface area contributed by atoms with Gasteiger partial charge in [-0.1, -0.05) is 29.8 Å². The molecular formula is C15H18ClNO2. The van der Waals surface area contributed by atoms with Gasteiger partial charge in [-0.3, -0.25) is 5.32 Å². The molecule has 0 aliphatic heterocycles. The van der Waals surface area contributed by atoms with Gasteiger partial charge in [-0.25, -0.2) is 4.79 Å². The largest absolute Gasteiger partial charge is 0.467 e. The Bertz CT molecular complexity index is 468. The number of carbonyl (C=O) groups is 1. The van der Waals surface area contributed by atoms with Crippen molar-refractivity contribution in [2.75, 3.05) is 13.7 Å². The molecule has 1 aromatic carbocycles. The van der Waals surface area contributed by atoms with Crippen LogP contribution >= 0.6 is 11.6 Å². The zero-order valence-corrected chi connectivity index (χ0v) is 11.7. The van der Waals surface area contributed by atoms with Crippen LogP contribution in [0.2, 0.25) is 5.02 Å². The zero-order valence-electron chi connectivity index (χ0n) is 11.0. The Kier molecular flexibility index (Phi) is 4.27. The molecule has 4 heteroatoms. The molecule has 102 valence electrons. The fourth-order valence-corrected chi connectivity index (χ4v) is 2.59. The number of esters is 1. The van der Waals surface area contributed by atoms with Crippen LogP contribution in [-0.2, 0) is 15.1 Å². The van der Waals surface area contributed by atoms with E-state index in [2.05, 4.69) is 11.9 Å². The minimum absolute atomic E-state index is 0.251. The number of carbonyl (C=O) groups excluding carboxylic acids is 1. The lowest BCUT2D eigenvalue weighted by molar-refractivity contribution is -0.150. The minimum atomic E-state index is -0.784. The van der Waals surface area contributed by atoms with Crippen LogP contribution in [0.1, 0.15) is 18.4 Å². The first-order valence-electron chi connectivity index (χ1n) is 6.35. The van der Waals surface area contributed by atoms with E-state index in [1.54, 1.807) is 18.2 Å². The second kappa shape index (κ2) is 5.76. The highest BCUT2D eigenvalue weighted by Gasteiger charge is 2.52. The molecule has 1 aromatic rings. The van der Waals surface area contributed by atoms with Crippen LogP contribution in [0.4, 0.5) is 0 Å². The quantitative estimate of drug-likeness (QED) is 0.643. The van der Waals surface area contributed by atoms with Gasteiger partial charge in [-0.15, -0.1) is 6.58 Å². The molecule has 0 heterocycles. The summed E-state index contributed by atoms with van der Waals surface area (Å²) in [5, 5.41) is 3.95. The summed E-state index contributed by atoms with van der Waals surface area (Å²) in [6, 6.07) is 7.36. The molecule has 0 saturated heterocycles. The standard InChI is InChI=1S/C15H18ClNO2/c1-3-10-17-15(11-4-5-11,14(18)19-2)12-6-8-13(16)9-7-12/h3,6-9,11,17H,1,4-5,10H2,2H3. The molecule has 0 bridgehead atoms. The third kappa shape index (κ3) is 2.67. The van der Waals surface area contributed by atoms with E-state index < -0.39 is 5.54 Å². The van der Waals surface area contributed by atoms with Crippen molar-refractivity contribution < 1.29 is 9.53 Å². The van der Waals surface area contributed by atoms with Gasteiger partial charge in [0.05, 0.1) is 7.11 Å². The summed E-state index contributed by atoms with van der Waals surface area (Å²) >= 11 is 5.92. The molecule has 3 nitrogen and oxygen atoms in total. The highest BCUT2D eigenvalue weighted by Crippen LogP contribution is 2.46. The number of halogens is 1. The van der Waals surface area contributed by atoms with E-state index in [1.807, 2.05) is 12.1 Å². The number of methoxy groups -OCH3 is 1. The van der Waals surface area contributed by atoms with E-state index in [-0.39, 0.29) is 11.9 Å². The molecule has 1 atom stereocenters. The maximum atomic E-state index is 12.4. The van der Waals surface area contributed by atoms with Crippen molar-refractivity contribution in [2.24, 2.45) is 5.92 Å². The summed E-state index contributed by atoms with van der Waals surface area (Å²) in [5.41, 5.74) is 0.112. The smallest absolute Gasteiger partial charge is 0.331 e.